The Kier molecular flexibility index (Phi) is 7.16. The van der Waals surface area contributed by atoms with Gasteiger partial charge >= 0.3 is 0 Å². The molecule has 0 unspecified atom stereocenters. The number of nitro benzene ring substituents is 1. The highest BCUT2D eigenvalue weighted by Crippen LogP contribution is 2.31. The molecule has 0 saturated heterocycles. The van der Waals surface area contributed by atoms with Crippen LogP contribution in [0.4, 0.5) is 11.4 Å². The van der Waals surface area contributed by atoms with Crippen LogP contribution >= 0.6 is 0 Å². The Hall–Kier alpha value is -3.09. The van der Waals surface area contributed by atoms with E-state index in [1.807, 2.05) is 13.8 Å². The van der Waals surface area contributed by atoms with Gasteiger partial charge in [-0.3, -0.25) is 14.9 Å². The number of nitrogens with zero attached hydrogens (tertiary/aromatic N) is 1. The SMILES string of the molecule is CCCOc1ccc(NC(=O)c2ccc([N+](=O)[O-])c(C)c2)cc1OCCC. The molecule has 144 valence electrons. The lowest BCUT2D eigenvalue weighted by Crippen LogP contribution is -2.12. The molecule has 7 heteroatoms. The highest BCUT2D eigenvalue weighted by Gasteiger charge is 2.15. The molecule has 0 heterocycles. The van der Waals surface area contributed by atoms with Crippen molar-refractivity contribution < 1.29 is 19.2 Å². The van der Waals surface area contributed by atoms with Crippen molar-refractivity contribution in [1.82, 2.24) is 0 Å². The first-order chi connectivity index (χ1) is 13.0. The zero-order chi connectivity index (χ0) is 19.8. The lowest BCUT2D eigenvalue weighted by atomic mass is 10.1. The Morgan fingerprint density at radius 3 is 2.30 bits per heavy atom. The number of hydrogen-bond acceptors (Lipinski definition) is 5. The molecule has 0 radical (unpaired) electrons. The molecule has 0 aliphatic heterocycles. The third-order valence-electron chi connectivity index (χ3n) is 3.78. The molecule has 27 heavy (non-hydrogen) atoms. The molecular weight excluding hydrogens is 348 g/mol. The number of nitrogens with one attached hydrogen (secondary N) is 1. The van der Waals surface area contributed by atoms with Gasteiger partial charge in [-0.25, -0.2) is 0 Å². The van der Waals surface area contributed by atoms with Crippen molar-refractivity contribution in [3.63, 3.8) is 0 Å². The number of rotatable bonds is 9. The molecule has 0 saturated carbocycles. The molecule has 2 aromatic carbocycles. The average molecular weight is 372 g/mol. The van der Waals surface area contributed by atoms with E-state index in [1.54, 1.807) is 25.1 Å². The van der Waals surface area contributed by atoms with Crippen LogP contribution in [0.15, 0.2) is 36.4 Å². The lowest BCUT2D eigenvalue weighted by molar-refractivity contribution is -0.385. The summed E-state index contributed by atoms with van der Waals surface area (Å²) in [6.07, 6.45) is 1.73. The molecule has 0 fully saturated rings. The van der Waals surface area contributed by atoms with Crippen molar-refractivity contribution in [2.45, 2.75) is 33.6 Å². The van der Waals surface area contributed by atoms with Crippen molar-refractivity contribution in [3.05, 3.63) is 57.6 Å². The molecule has 0 aliphatic carbocycles. The van der Waals surface area contributed by atoms with Gasteiger partial charge in [-0.1, -0.05) is 13.8 Å². The largest absolute Gasteiger partial charge is 0.490 e. The van der Waals surface area contributed by atoms with Crippen LogP contribution in [-0.2, 0) is 0 Å². The van der Waals surface area contributed by atoms with Crippen LogP contribution in [0.3, 0.4) is 0 Å². The van der Waals surface area contributed by atoms with Gasteiger partial charge in [0.2, 0.25) is 0 Å². The van der Waals surface area contributed by atoms with Gasteiger partial charge < -0.3 is 14.8 Å². The lowest BCUT2D eigenvalue weighted by Gasteiger charge is -2.14. The summed E-state index contributed by atoms with van der Waals surface area (Å²) in [7, 11) is 0. The van der Waals surface area contributed by atoms with E-state index in [0.717, 1.165) is 12.8 Å². The standard InChI is InChI=1S/C20H24N2O5/c1-4-10-26-18-9-7-16(13-19(18)27-11-5-2)21-20(23)15-6-8-17(22(24)25)14(3)12-15/h6-9,12-13H,4-5,10-11H2,1-3H3,(H,21,23). The van der Waals surface area contributed by atoms with Crippen LogP contribution in [0.2, 0.25) is 0 Å². The van der Waals surface area contributed by atoms with Crippen LogP contribution < -0.4 is 14.8 Å². The van der Waals surface area contributed by atoms with Gasteiger partial charge in [0.05, 0.1) is 18.1 Å². The number of nitro groups is 1. The van der Waals surface area contributed by atoms with Crippen LogP contribution in [0.1, 0.15) is 42.6 Å². The molecule has 0 aliphatic rings. The minimum atomic E-state index is -0.469. The molecular formula is C20H24N2O5. The van der Waals surface area contributed by atoms with Crippen molar-refractivity contribution in [1.29, 1.82) is 0 Å². The quantitative estimate of drug-likeness (QED) is 0.507. The maximum absolute atomic E-state index is 12.5. The molecule has 1 amide bonds. The van der Waals surface area contributed by atoms with Gasteiger partial charge in [-0.15, -0.1) is 0 Å². The third-order valence-corrected chi connectivity index (χ3v) is 3.78. The predicted molar refractivity (Wildman–Crippen MR) is 104 cm³/mol. The molecule has 0 bridgehead atoms. The predicted octanol–water partition coefficient (Wildman–Crippen LogP) is 4.73. The van der Waals surface area contributed by atoms with Gasteiger partial charge in [0.1, 0.15) is 0 Å². The van der Waals surface area contributed by atoms with E-state index < -0.39 is 4.92 Å². The van der Waals surface area contributed by atoms with Gasteiger partial charge in [0.15, 0.2) is 11.5 Å². The number of amides is 1. The molecule has 1 N–H and O–H groups in total. The number of carbonyl (C=O) groups is 1. The smallest absolute Gasteiger partial charge is 0.272 e. The molecule has 7 nitrogen and oxygen atoms in total. The molecule has 0 atom stereocenters. The molecule has 0 spiro atoms. The van der Waals surface area contributed by atoms with E-state index in [2.05, 4.69) is 5.32 Å². The minimum Gasteiger partial charge on any atom is -0.490 e. The Morgan fingerprint density at radius 2 is 1.70 bits per heavy atom. The van der Waals surface area contributed by atoms with Gasteiger partial charge in [-0.2, -0.15) is 0 Å². The van der Waals surface area contributed by atoms with E-state index in [1.165, 1.54) is 18.2 Å². The highest BCUT2D eigenvalue weighted by molar-refractivity contribution is 6.04. The second kappa shape index (κ2) is 9.56. The van der Waals surface area contributed by atoms with E-state index in [9.17, 15) is 14.9 Å². The highest BCUT2D eigenvalue weighted by atomic mass is 16.6. The Morgan fingerprint density at radius 1 is 1.04 bits per heavy atom. The first kappa shape index (κ1) is 20.2. The van der Waals surface area contributed by atoms with E-state index >= 15 is 0 Å². The zero-order valence-electron chi connectivity index (χ0n) is 15.8. The number of hydrogen-bond donors (Lipinski definition) is 1. The van der Waals surface area contributed by atoms with Crippen molar-refractivity contribution in [2.75, 3.05) is 18.5 Å². The summed E-state index contributed by atoms with van der Waals surface area (Å²) < 4.78 is 11.4. The number of aryl methyl sites for hydroxylation is 1. The van der Waals surface area contributed by atoms with Crippen molar-refractivity contribution >= 4 is 17.3 Å². The fourth-order valence-corrected chi connectivity index (χ4v) is 2.45. The molecule has 2 rings (SSSR count). The first-order valence-corrected chi connectivity index (χ1v) is 8.92. The summed E-state index contributed by atoms with van der Waals surface area (Å²) in [6.45, 7) is 6.76. The van der Waals surface area contributed by atoms with Crippen molar-refractivity contribution in [2.24, 2.45) is 0 Å². The second-order valence-electron chi connectivity index (χ2n) is 6.07. The van der Waals surface area contributed by atoms with Gasteiger partial charge in [0, 0.05) is 28.9 Å². The summed E-state index contributed by atoms with van der Waals surface area (Å²) in [5.74, 6) is 0.856. The van der Waals surface area contributed by atoms with Crippen LogP contribution in [0, 0.1) is 17.0 Å². The number of anilines is 1. The summed E-state index contributed by atoms with van der Waals surface area (Å²) in [6, 6.07) is 9.49. The Labute approximate surface area is 158 Å². The number of carbonyl (C=O) groups excluding carboxylic acids is 1. The summed E-state index contributed by atoms with van der Waals surface area (Å²) in [4.78, 5) is 22.9. The van der Waals surface area contributed by atoms with E-state index in [0.29, 0.717) is 41.5 Å². The van der Waals surface area contributed by atoms with Gasteiger partial charge in [-0.05, 0) is 44.0 Å². The number of ether oxygens (including phenoxy) is 2. The molecule has 2 aromatic rings. The molecule has 0 aromatic heterocycles. The van der Waals surface area contributed by atoms with E-state index in [-0.39, 0.29) is 11.6 Å². The van der Waals surface area contributed by atoms with Crippen LogP contribution in [-0.4, -0.2) is 24.0 Å². The monoisotopic (exact) mass is 372 g/mol. The Bertz CT molecular complexity index is 820. The zero-order valence-corrected chi connectivity index (χ0v) is 15.8. The van der Waals surface area contributed by atoms with Crippen molar-refractivity contribution in [3.8, 4) is 11.5 Å². The summed E-state index contributed by atoms with van der Waals surface area (Å²) >= 11 is 0. The fourth-order valence-electron chi connectivity index (χ4n) is 2.45. The summed E-state index contributed by atoms with van der Waals surface area (Å²) in [5, 5.41) is 13.7. The topological polar surface area (TPSA) is 90.7 Å². The van der Waals surface area contributed by atoms with Crippen LogP contribution in [0.25, 0.3) is 0 Å². The summed E-state index contributed by atoms with van der Waals surface area (Å²) in [5.41, 5.74) is 1.33. The second-order valence-corrected chi connectivity index (χ2v) is 6.07. The third kappa shape index (κ3) is 5.44. The van der Waals surface area contributed by atoms with E-state index in [4.69, 9.17) is 9.47 Å². The maximum Gasteiger partial charge on any atom is 0.272 e. The maximum atomic E-state index is 12.5. The fraction of sp³-hybridized carbons (Fsp3) is 0.350. The average Bonchev–Trinajstić information content (AvgIpc) is 2.65. The van der Waals surface area contributed by atoms with Gasteiger partial charge in [0.25, 0.3) is 11.6 Å². The minimum absolute atomic E-state index is 0.0146. The normalized spacial score (nSPS) is 10.3. The number of benzene rings is 2. The first-order valence-electron chi connectivity index (χ1n) is 8.92. The van der Waals surface area contributed by atoms with Crippen LogP contribution in [0.5, 0.6) is 11.5 Å². The Balaban J connectivity index is 2.19.